The summed E-state index contributed by atoms with van der Waals surface area (Å²) in [7, 11) is 0. The van der Waals surface area contributed by atoms with Crippen LogP contribution in [0.1, 0.15) is 11.6 Å². The van der Waals surface area contributed by atoms with Crippen molar-refractivity contribution < 1.29 is 18.3 Å². The molecule has 0 saturated carbocycles. The van der Waals surface area contributed by atoms with Crippen molar-refractivity contribution in [2.24, 2.45) is 11.5 Å². The molecule has 1 heterocycles. The predicted molar refractivity (Wildman–Crippen MR) is 63.1 cm³/mol. The maximum absolute atomic E-state index is 12.7. The highest BCUT2D eigenvalue weighted by molar-refractivity contribution is 5.85. The van der Waals surface area contributed by atoms with Gasteiger partial charge in [-0.05, 0) is 17.7 Å². The number of ether oxygens (including phenoxy) is 2. The molecule has 0 spiro atoms. The summed E-state index contributed by atoms with van der Waals surface area (Å²) in [5.41, 5.74) is 11.6. The van der Waals surface area contributed by atoms with Crippen LogP contribution in [0.5, 0.6) is 11.5 Å². The molecule has 0 amide bonds. The zero-order valence-electron chi connectivity index (χ0n) is 8.56. The Morgan fingerprint density at radius 3 is 2.35 bits per heavy atom. The minimum absolute atomic E-state index is 0. The first kappa shape index (κ1) is 16.2. The Bertz CT molecular complexity index is 393. The van der Waals surface area contributed by atoms with Crippen LogP contribution in [0.2, 0.25) is 0 Å². The molecule has 1 aromatic carbocycles. The molecule has 0 bridgehead atoms. The molecule has 4 nitrogen and oxygen atoms in total. The monoisotopic (exact) mass is 288 g/mol. The molecule has 17 heavy (non-hydrogen) atoms. The minimum atomic E-state index is -3.59. The molecule has 0 saturated heterocycles. The Morgan fingerprint density at radius 2 is 1.76 bits per heavy atom. The summed E-state index contributed by atoms with van der Waals surface area (Å²) >= 11 is 0. The third-order valence-electron chi connectivity index (χ3n) is 2.11. The fourth-order valence-electron chi connectivity index (χ4n) is 1.33. The molecule has 98 valence electrons. The molecule has 1 aromatic rings. The summed E-state index contributed by atoms with van der Waals surface area (Å²) in [6.07, 6.45) is -3.59. The van der Waals surface area contributed by atoms with Crippen molar-refractivity contribution in [1.82, 2.24) is 0 Å². The second-order valence-corrected chi connectivity index (χ2v) is 3.22. The SMILES string of the molecule is Cl.Cl.NCC(N)c1ccc2c(c1)OC(F)(F)O2. The second-order valence-electron chi connectivity index (χ2n) is 3.22. The predicted octanol–water partition coefficient (Wildman–Crippen LogP) is 1.81. The highest BCUT2D eigenvalue weighted by Crippen LogP contribution is 2.41. The summed E-state index contributed by atoms with van der Waals surface area (Å²) in [6, 6.07) is 3.99. The van der Waals surface area contributed by atoms with E-state index in [0.717, 1.165) is 0 Å². The van der Waals surface area contributed by atoms with Crippen molar-refractivity contribution in [3.05, 3.63) is 23.8 Å². The van der Waals surface area contributed by atoms with E-state index in [1.54, 1.807) is 6.07 Å². The van der Waals surface area contributed by atoms with Crippen molar-refractivity contribution >= 4 is 24.8 Å². The number of hydrogen-bond acceptors (Lipinski definition) is 4. The third-order valence-corrected chi connectivity index (χ3v) is 2.11. The first-order valence-electron chi connectivity index (χ1n) is 4.37. The van der Waals surface area contributed by atoms with Gasteiger partial charge in [-0.15, -0.1) is 33.6 Å². The van der Waals surface area contributed by atoms with Crippen LogP contribution in [0.3, 0.4) is 0 Å². The molecular formula is C9H12Cl2F2N2O2. The van der Waals surface area contributed by atoms with E-state index in [-0.39, 0.29) is 42.9 Å². The van der Waals surface area contributed by atoms with Gasteiger partial charge in [0.05, 0.1) is 0 Å². The van der Waals surface area contributed by atoms with Crippen LogP contribution in [-0.4, -0.2) is 12.8 Å². The Balaban J connectivity index is 0.00000128. The number of alkyl halides is 2. The number of nitrogens with two attached hydrogens (primary N) is 2. The molecule has 1 aliphatic heterocycles. The third kappa shape index (κ3) is 3.32. The summed E-state index contributed by atoms with van der Waals surface area (Å²) in [5, 5.41) is 0. The fourth-order valence-corrected chi connectivity index (χ4v) is 1.33. The fraction of sp³-hybridized carbons (Fsp3) is 0.333. The van der Waals surface area contributed by atoms with Gasteiger partial charge in [0.25, 0.3) is 0 Å². The normalized spacial score (nSPS) is 16.7. The lowest BCUT2D eigenvalue weighted by atomic mass is 10.1. The lowest BCUT2D eigenvalue weighted by Gasteiger charge is -2.08. The van der Waals surface area contributed by atoms with Gasteiger partial charge in [-0.3, -0.25) is 0 Å². The van der Waals surface area contributed by atoms with Crippen LogP contribution in [-0.2, 0) is 0 Å². The van der Waals surface area contributed by atoms with Crippen molar-refractivity contribution in [1.29, 1.82) is 0 Å². The number of halogens is 4. The lowest BCUT2D eigenvalue weighted by molar-refractivity contribution is -0.286. The van der Waals surface area contributed by atoms with Gasteiger partial charge < -0.3 is 20.9 Å². The van der Waals surface area contributed by atoms with Crippen LogP contribution < -0.4 is 20.9 Å². The summed E-state index contributed by atoms with van der Waals surface area (Å²) in [6.45, 7) is 0.232. The van der Waals surface area contributed by atoms with E-state index in [1.807, 2.05) is 0 Å². The van der Waals surface area contributed by atoms with Gasteiger partial charge in [0.1, 0.15) is 0 Å². The smallest absolute Gasteiger partial charge is 0.395 e. The van der Waals surface area contributed by atoms with E-state index in [2.05, 4.69) is 9.47 Å². The maximum Gasteiger partial charge on any atom is 0.586 e. The quantitative estimate of drug-likeness (QED) is 0.871. The van der Waals surface area contributed by atoms with Crippen molar-refractivity contribution in [2.45, 2.75) is 12.3 Å². The maximum atomic E-state index is 12.7. The average molecular weight is 289 g/mol. The van der Waals surface area contributed by atoms with Crippen LogP contribution in [0.25, 0.3) is 0 Å². The first-order valence-corrected chi connectivity index (χ1v) is 4.37. The highest BCUT2D eigenvalue weighted by Gasteiger charge is 2.43. The van der Waals surface area contributed by atoms with Gasteiger partial charge in [0.2, 0.25) is 0 Å². The average Bonchev–Trinajstić information content (AvgIpc) is 2.49. The second kappa shape index (κ2) is 5.68. The van der Waals surface area contributed by atoms with Crippen molar-refractivity contribution in [3.8, 4) is 11.5 Å². The van der Waals surface area contributed by atoms with E-state index in [4.69, 9.17) is 11.5 Å². The summed E-state index contributed by atoms with van der Waals surface area (Å²) < 4.78 is 33.8. The Kier molecular flexibility index (Phi) is 5.41. The van der Waals surface area contributed by atoms with Gasteiger partial charge in [-0.2, -0.15) is 0 Å². The molecule has 0 radical (unpaired) electrons. The number of rotatable bonds is 2. The van der Waals surface area contributed by atoms with Crippen LogP contribution >= 0.6 is 24.8 Å². The Labute approximate surface area is 109 Å². The van der Waals surface area contributed by atoms with Gasteiger partial charge in [-0.25, -0.2) is 0 Å². The number of benzene rings is 1. The molecule has 1 atom stereocenters. The van der Waals surface area contributed by atoms with Crippen LogP contribution in [0.4, 0.5) is 8.78 Å². The van der Waals surface area contributed by atoms with E-state index < -0.39 is 12.3 Å². The minimum Gasteiger partial charge on any atom is -0.395 e. The molecule has 8 heteroatoms. The van der Waals surface area contributed by atoms with E-state index in [0.29, 0.717) is 5.56 Å². The van der Waals surface area contributed by atoms with Gasteiger partial charge in [0.15, 0.2) is 11.5 Å². The van der Waals surface area contributed by atoms with E-state index in [1.165, 1.54) is 12.1 Å². The molecule has 2 rings (SSSR count). The summed E-state index contributed by atoms with van der Waals surface area (Å²) in [5.74, 6) is -0.00521. The number of fused-ring (bicyclic) bond motifs is 1. The zero-order chi connectivity index (χ0) is 11.1. The van der Waals surface area contributed by atoms with E-state index >= 15 is 0 Å². The standard InChI is InChI=1S/C9H10F2N2O2.2ClH/c10-9(11)14-7-2-1-5(6(13)4-12)3-8(7)15-9;;/h1-3,6H,4,12-13H2;2*1H. The molecule has 0 aliphatic carbocycles. The van der Waals surface area contributed by atoms with Gasteiger partial charge in [-0.1, -0.05) is 6.07 Å². The van der Waals surface area contributed by atoms with Crippen molar-refractivity contribution in [2.75, 3.05) is 6.54 Å². The molecule has 1 aliphatic rings. The van der Waals surface area contributed by atoms with Gasteiger partial charge >= 0.3 is 6.29 Å². The Morgan fingerprint density at radius 1 is 1.18 bits per heavy atom. The molecule has 0 aromatic heterocycles. The van der Waals surface area contributed by atoms with Crippen molar-refractivity contribution in [3.63, 3.8) is 0 Å². The zero-order valence-corrected chi connectivity index (χ0v) is 10.2. The lowest BCUT2D eigenvalue weighted by Crippen LogP contribution is -2.26. The Hall–Kier alpha value is -0.820. The molecule has 0 fully saturated rings. The molecular weight excluding hydrogens is 277 g/mol. The summed E-state index contributed by atoms with van der Waals surface area (Å²) in [4.78, 5) is 0. The van der Waals surface area contributed by atoms with E-state index in [9.17, 15) is 8.78 Å². The number of hydrogen-bond donors (Lipinski definition) is 2. The molecule has 4 N–H and O–H groups in total. The van der Waals surface area contributed by atoms with Crippen LogP contribution in [0, 0.1) is 0 Å². The largest absolute Gasteiger partial charge is 0.586 e. The topological polar surface area (TPSA) is 70.5 Å². The van der Waals surface area contributed by atoms with Crippen LogP contribution in [0.15, 0.2) is 18.2 Å². The molecule has 1 unspecified atom stereocenters. The first-order chi connectivity index (χ1) is 7.02. The highest BCUT2D eigenvalue weighted by atomic mass is 35.5. The van der Waals surface area contributed by atoms with Gasteiger partial charge in [0, 0.05) is 12.6 Å².